The maximum absolute atomic E-state index is 11.2. The fourth-order valence-electron chi connectivity index (χ4n) is 3.38. The van der Waals surface area contributed by atoms with Crippen LogP contribution in [0.3, 0.4) is 0 Å². The normalized spacial score (nSPS) is 17.2. The molecule has 0 spiro atoms. The highest BCUT2D eigenvalue weighted by molar-refractivity contribution is 5.73. The summed E-state index contributed by atoms with van der Waals surface area (Å²) in [6.07, 6.45) is 5.05. The summed E-state index contributed by atoms with van der Waals surface area (Å²) in [5, 5.41) is 12.2. The van der Waals surface area contributed by atoms with E-state index in [9.17, 15) is 9.90 Å². The van der Waals surface area contributed by atoms with Crippen LogP contribution in [0.2, 0.25) is 0 Å². The molecule has 1 saturated carbocycles. The first-order valence-corrected chi connectivity index (χ1v) is 7.35. The van der Waals surface area contributed by atoms with E-state index in [4.69, 9.17) is 0 Å². The lowest BCUT2D eigenvalue weighted by atomic mass is 9.79. The molecule has 0 aromatic carbocycles. The second kappa shape index (κ2) is 5.35. The van der Waals surface area contributed by atoms with Gasteiger partial charge in [0.05, 0.1) is 11.9 Å². The van der Waals surface area contributed by atoms with Gasteiger partial charge in [0.2, 0.25) is 0 Å². The summed E-state index contributed by atoms with van der Waals surface area (Å²) in [4.78, 5) is 23.4. The Morgan fingerprint density at radius 1 is 1.38 bits per heavy atom. The molecule has 1 aliphatic rings. The zero-order valence-electron chi connectivity index (χ0n) is 12.1. The molecule has 1 fully saturated rings. The summed E-state index contributed by atoms with van der Waals surface area (Å²) in [7, 11) is 1.82. The van der Waals surface area contributed by atoms with Crippen molar-refractivity contribution < 1.29 is 9.90 Å². The third kappa shape index (κ3) is 2.84. The van der Waals surface area contributed by atoms with Crippen molar-refractivity contribution in [3.63, 3.8) is 0 Å². The average molecular weight is 288 g/mol. The first-order chi connectivity index (χ1) is 10.1. The lowest BCUT2D eigenvalue weighted by Crippen LogP contribution is -2.24. The topological polar surface area (TPSA) is 90.9 Å². The number of H-pyrrole nitrogens is 1. The summed E-state index contributed by atoms with van der Waals surface area (Å²) in [6, 6.07) is 3.84. The first-order valence-electron chi connectivity index (χ1n) is 7.35. The Hall–Kier alpha value is -2.11. The maximum atomic E-state index is 11.2. The van der Waals surface area contributed by atoms with Crippen molar-refractivity contribution in [1.29, 1.82) is 0 Å². The van der Waals surface area contributed by atoms with E-state index in [1.165, 1.54) is 0 Å². The lowest BCUT2D eigenvalue weighted by Gasteiger charge is -2.25. The molecular weight excluding hydrogens is 268 g/mol. The van der Waals surface area contributed by atoms with Crippen LogP contribution in [-0.2, 0) is 11.2 Å². The van der Waals surface area contributed by atoms with E-state index < -0.39 is 5.97 Å². The molecule has 0 unspecified atom stereocenters. The van der Waals surface area contributed by atoms with Gasteiger partial charge >= 0.3 is 5.97 Å². The third-order valence-electron chi connectivity index (χ3n) is 4.38. The first kappa shape index (κ1) is 13.9. The third-order valence-corrected chi connectivity index (χ3v) is 4.38. The zero-order chi connectivity index (χ0) is 14.9. The van der Waals surface area contributed by atoms with Gasteiger partial charge in [0, 0.05) is 13.5 Å². The van der Waals surface area contributed by atoms with Crippen LogP contribution in [0.25, 0.3) is 11.2 Å². The van der Waals surface area contributed by atoms with Crippen LogP contribution in [-0.4, -0.2) is 33.1 Å². The number of rotatable bonds is 5. The highest BCUT2D eigenvalue weighted by Gasteiger charge is 2.37. The van der Waals surface area contributed by atoms with Crippen molar-refractivity contribution in [3.05, 3.63) is 18.0 Å². The highest BCUT2D eigenvalue weighted by Crippen LogP contribution is 2.43. The SMILES string of the molecule is CNc1ccc2[nH]c(CC3(CC(=O)O)CCCC3)nc2n1. The van der Waals surface area contributed by atoms with E-state index in [-0.39, 0.29) is 11.8 Å². The number of hydrogen-bond donors (Lipinski definition) is 3. The molecule has 0 amide bonds. The Morgan fingerprint density at radius 3 is 2.81 bits per heavy atom. The van der Waals surface area contributed by atoms with Crippen molar-refractivity contribution in [2.45, 2.75) is 38.5 Å². The molecule has 2 aromatic rings. The molecule has 3 rings (SSSR count). The summed E-state index contributed by atoms with van der Waals surface area (Å²) in [5.74, 6) is 0.902. The molecule has 6 heteroatoms. The van der Waals surface area contributed by atoms with Gasteiger partial charge in [-0.15, -0.1) is 0 Å². The Labute approximate surface area is 123 Å². The van der Waals surface area contributed by atoms with Gasteiger partial charge in [-0.2, -0.15) is 0 Å². The quantitative estimate of drug-likeness (QED) is 0.786. The van der Waals surface area contributed by atoms with Crippen LogP contribution in [0.15, 0.2) is 12.1 Å². The number of nitrogens with one attached hydrogen (secondary N) is 2. The van der Waals surface area contributed by atoms with Gasteiger partial charge in [-0.05, 0) is 30.4 Å². The van der Waals surface area contributed by atoms with E-state index in [0.29, 0.717) is 12.1 Å². The highest BCUT2D eigenvalue weighted by atomic mass is 16.4. The monoisotopic (exact) mass is 288 g/mol. The van der Waals surface area contributed by atoms with Crippen molar-refractivity contribution in [2.24, 2.45) is 5.41 Å². The predicted octanol–water partition coefficient (Wildman–Crippen LogP) is 2.58. The second-order valence-electron chi connectivity index (χ2n) is 5.96. The number of nitrogens with zero attached hydrogens (tertiary/aromatic N) is 2. The smallest absolute Gasteiger partial charge is 0.303 e. The molecule has 6 nitrogen and oxygen atoms in total. The maximum Gasteiger partial charge on any atom is 0.303 e. The number of anilines is 1. The van der Waals surface area contributed by atoms with Crippen LogP contribution in [0.4, 0.5) is 5.82 Å². The van der Waals surface area contributed by atoms with Crippen LogP contribution in [0, 0.1) is 5.41 Å². The number of carboxylic acids is 1. The summed E-state index contributed by atoms with van der Waals surface area (Å²) in [6.45, 7) is 0. The molecule has 0 aliphatic heterocycles. The Bertz CT molecular complexity index is 659. The van der Waals surface area contributed by atoms with Crippen molar-refractivity contribution in [2.75, 3.05) is 12.4 Å². The summed E-state index contributed by atoms with van der Waals surface area (Å²) in [5.41, 5.74) is 1.43. The molecule has 3 N–H and O–H groups in total. The van der Waals surface area contributed by atoms with Crippen LogP contribution >= 0.6 is 0 Å². The minimum atomic E-state index is -0.719. The van der Waals surface area contributed by atoms with Gasteiger partial charge < -0.3 is 15.4 Å². The molecule has 21 heavy (non-hydrogen) atoms. The van der Waals surface area contributed by atoms with E-state index in [1.807, 2.05) is 19.2 Å². The number of pyridine rings is 1. The molecule has 0 saturated heterocycles. The number of hydrogen-bond acceptors (Lipinski definition) is 4. The number of carbonyl (C=O) groups is 1. The number of carboxylic acid groups (broad SMARTS) is 1. The fourth-order valence-corrected chi connectivity index (χ4v) is 3.38. The minimum absolute atomic E-state index is 0.147. The number of aromatic amines is 1. The Kier molecular flexibility index (Phi) is 3.53. The van der Waals surface area contributed by atoms with Crippen molar-refractivity contribution in [1.82, 2.24) is 15.0 Å². The van der Waals surface area contributed by atoms with Gasteiger partial charge in [-0.3, -0.25) is 4.79 Å². The number of aromatic nitrogens is 3. The van der Waals surface area contributed by atoms with Crippen LogP contribution < -0.4 is 5.32 Å². The van der Waals surface area contributed by atoms with E-state index in [0.717, 1.165) is 42.8 Å². The van der Waals surface area contributed by atoms with Gasteiger partial charge in [0.15, 0.2) is 5.65 Å². The zero-order valence-corrected chi connectivity index (χ0v) is 12.1. The standard InChI is InChI=1S/C15H20N4O2/c1-16-11-5-4-10-14(18-11)19-12(17-10)8-15(9-13(20)21)6-2-3-7-15/h4-5H,2-3,6-9H2,1H3,(H,20,21)(H2,16,17,18,19). The van der Waals surface area contributed by atoms with Crippen LogP contribution in [0.5, 0.6) is 0 Å². The van der Waals surface area contributed by atoms with E-state index in [2.05, 4.69) is 20.3 Å². The predicted molar refractivity (Wildman–Crippen MR) is 80.3 cm³/mol. The van der Waals surface area contributed by atoms with Gasteiger partial charge in [0.25, 0.3) is 0 Å². The van der Waals surface area contributed by atoms with Gasteiger partial charge in [0.1, 0.15) is 11.6 Å². The number of fused-ring (bicyclic) bond motifs is 1. The van der Waals surface area contributed by atoms with Crippen molar-refractivity contribution >= 4 is 23.0 Å². The Morgan fingerprint density at radius 2 is 2.14 bits per heavy atom. The Balaban J connectivity index is 1.87. The summed E-state index contributed by atoms with van der Waals surface area (Å²) >= 11 is 0. The van der Waals surface area contributed by atoms with Gasteiger partial charge in [-0.25, -0.2) is 9.97 Å². The molecule has 2 heterocycles. The van der Waals surface area contributed by atoms with Gasteiger partial charge in [-0.1, -0.05) is 12.8 Å². The largest absolute Gasteiger partial charge is 0.481 e. The van der Waals surface area contributed by atoms with Crippen LogP contribution in [0.1, 0.15) is 37.9 Å². The second-order valence-corrected chi connectivity index (χ2v) is 5.96. The average Bonchev–Trinajstić information content (AvgIpc) is 3.03. The fraction of sp³-hybridized carbons (Fsp3) is 0.533. The van der Waals surface area contributed by atoms with E-state index >= 15 is 0 Å². The number of imidazole rings is 1. The van der Waals surface area contributed by atoms with Crippen molar-refractivity contribution in [3.8, 4) is 0 Å². The van der Waals surface area contributed by atoms with E-state index in [1.54, 1.807) is 0 Å². The molecular formula is C15H20N4O2. The molecule has 0 radical (unpaired) electrons. The number of aliphatic carboxylic acids is 1. The molecule has 0 bridgehead atoms. The molecule has 1 aliphatic carbocycles. The molecule has 112 valence electrons. The molecule has 0 atom stereocenters. The lowest BCUT2D eigenvalue weighted by molar-refractivity contribution is -0.139. The minimum Gasteiger partial charge on any atom is -0.481 e. The molecule has 2 aromatic heterocycles. The summed E-state index contributed by atoms with van der Waals surface area (Å²) < 4.78 is 0.